The second-order valence-corrected chi connectivity index (χ2v) is 9.02. The van der Waals surface area contributed by atoms with E-state index in [-0.39, 0.29) is 17.7 Å². The number of pyridine rings is 1. The number of rotatable bonds is 6. The molecule has 8 heteroatoms. The lowest BCUT2D eigenvalue weighted by atomic mass is 9.78. The summed E-state index contributed by atoms with van der Waals surface area (Å²) in [6.45, 7) is 3.55. The summed E-state index contributed by atoms with van der Waals surface area (Å²) in [7, 11) is 0. The van der Waals surface area contributed by atoms with Crippen molar-refractivity contribution in [1.82, 2.24) is 20.3 Å². The fraction of sp³-hybridized carbons (Fsp3) is 0.385. The number of nitrogen functional groups attached to an aromatic ring is 1. The molecule has 1 aliphatic heterocycles. The molecule has 1 fully saturated rings. The molecule has 0 radical (unpaired) electrons. The Bertz CT molecular complexity index is 1190. The van der Waals surface area contributed by atoms with Gasteiger partial charge in [0.15, 0.2) is 0 Å². The predicted molar refractivity (Wildman–Crippen MR) is 130 cm³/mol. The highest BCUT2D eigenvalue weighted by atomic mass is 19.1. The van der Waals surface area contributed by atoms with E-state index in [2.05, 4.69) is 25.4 Å². The lowest BCUT2D eigenvalue weighted by molar-refractivity contribution is 0.134. The molecule has 176 valence electrons. The smallest absolute Gasteiger partial charge is 0.220 e. The van der Waals surface area contributed by atoms with Crippen LogP contribution in [0.5, 0.6) is 0 Å². The maximum Gasteiger partial charge on any atom is 0.220 e. The Morgan fingerprint density at radius 3 is 2.94 bits per heavy atom. The monoisotopic (exact) mass is 460 g/mol. The summed E-state index contributed by atoms with van der Waals surface area (Å²) in [6.07, 6.45) is 8.09. The first kappa shape index (κ1) is 22.4. The van der Waals surface area contributed by atoms with Gasteiger partial charge in [-0.15, -0.1) is 0 Å². The predicted octanol–water partition coefficient (Wildman–Crippen LogP) is 4.16. The van der Waals surface area contributed by atoms with Crippen molar-refractivity contribution in [2.45, 2.75) is 51.0 Å². The molecule has 2 aliphatic rings. The van der Waals surface area contributed by atoms with Gasteiger partial charge in [-0.1, -0.05) is 17.3 Å². The number of halogens is 1. The molecule has 2 atom stereocenters. The zero-order chi connectivity index (χ0) is 23.5. The van der Waals surface area contributed by atoms with Crippen LogP contribution in [-0.2, 0) is 11.3 Å². The van der Waals surface area contributed by atoms with E-state index in [1.165, 1.54) is 18.9 Å². The summed E-state index contributed by atoms with van der Waals surface area (Å²) in [5.41, 5.74) is 12.1. The summed E-state index contributed by atoms with van der Waals surface area (Å²) in [4.78, 5) is 18.9. The lowest BCUT2D eigenvalue weighted by Crippen LogP contribution is -2.25. The molecule has 0 bridgehead atoms. The second-order valence-electron chi connectivity index (χ2n) is 9.02. The number of oxime groups is 1. The van der Waals surface area contributed by atoms with Gasteiger partial charge in [0.05, 0.1) is 17.1 Å². The van der Waals surface area contributed by atoms with Crippen molar-refractivity contribution in [1.29, 1.82) is 0 Å². The van der Waals surface area contributed by atoms with Gasteiger partial charge < -0.3 is 15.9 Å². The van der Waals surface area contributed by atoms with E-state index in [4.69, 9.17) is 10.6 Å². The third-order valence-corrected chi connectivity index (χ3v) is 6.67. The Morgan fingerprint density at radius 2 is 2.15 bits per heavy atom. The van der Waals surface area contributed by atoms with E-state index in [9.17, 15) is 4.39 Å². The zero-order valence-electron chi connectivity index (χ0n) is 19.3. The molecule has 1 aliphatic carbocycles. The number of aryl methyl sites for hydroxylation is 1. The van der Waals surface area contributed by atoms with Crippen LogP contribution in [-0.4, -0.2) is 39.9 Å². The number of hydrogen-bond donors (Lipinski definition) is 2. The molecule has 2 unspecified atom stereocenters. The number of nitrogens with one attached hydrogen (secondary N) is 1. The van der Waals surface area contributed by atoms with Gasteiger partial charge in [-0.25, -0.2) is 14.4 Å². The van der Waals surface area contributed by atoms with Crippen molar-refractivity contribution < 1.29 is 9.23 Å². The van der Waals surface area contributed by atoms with Crippen molar-refractivity contribution in [2.24, 2.45) is 5.16 Å². The average Bonchev–Trinajstić information content (AvgIpc) is 3.35. The molecule has 1 aromatic carbocycles. The van der Waals surface area contributed by atoms with Crippen LogP contribution in [0.2, 0.25) is 0 Å². The minimum atomic E-state index is -0.279. The first-order chi connectivity index (χ1) is 16.6. The highest BCUT2D eigenvalue weighted by molar-refractivity contribution is 6.03. The van der Waals surface area contributed by atoms with Crippen LogP contribution in [0, 0.1) is 12.7 Å². The molecule has 3 N–H and O–H groups in total. The summed E-state index contributed by atoms with van der Waals surface area (Å²) in [6, 6.07) is 9.24. The van der Waals surface area contributed by atoms with E-state index in [0.29, 0.717) is 25.5 Å². The van der Waals surface area contributed by atoms with Gasteiger partial charge in [0.25, 0.3) is 0 Å². The summed E-state index contributed by atoms with van der Waals surface area (Å²) < 4.78 is 14.2. The molecule has 0 spiro atoms. The van der Waals surface area contributed by atoms with Gasteiger partial charge in [0, 0.05) is 36.0 Å². The van der Waals surface area contributed by atoms with E-state index >= 15 is 0 Å². The van der Waals surface area contributed by atoms with Gasteiger partial charge in [0.2, 0.25) is 5.95 Å². The molecule has 7 nitrogen and oxygen atoms in total. The Balaban J connectivity index is 1.47. The first-order valence-electron chi connectivity index (χ1n) is 11.8. The number of nitrogens with zero attached hydrogens (tertiary/aromatic N) is 4. The standard InChI is InChI=1S/C26H29FN6O/c1-16-25-23(32-26(28)31-16)12-18(13-24(25)33-34-11-8-20-5-3-10-30-20)21-7-6-19(27)14-22(21)17-4-2-9-29-15-17/h2,4,6-7,9,14-15,18,20,30H,3,5,8,10-13H2,1H3,(H2,28,31,32). The number of nitrogens with two attached hydrogens (primary N) is 1. The minimum absolute atomic E-state index is 0.0378. The highest BCUT2D eigenvalue weighted by Crippen LogP contribution is 2.38. The van der Waals surface area contributed by atoms with Crippen LogP contribution >= 0.6 is 0 Å². The molecule has 34 heavy (non-hydrogen) atoms. The van der Waals surface area contributed by atoms with Crippen LogP contribution in [0.3, 0.4) is 0 Å². The third-order valence-electron chi connectivity index (χ3n) is 6.67. The van der Waals surface area contributed by atoms with Crippen LogP contribution in [0.1, 0.15) is 54.1 Å². The largest absolute Gasteiger partial charge is 0.396 e. The number of hydrogen-bond acceptors (Lipinski definition) is 7. The summed E-state index contributed by atoms with van der Waals surface area (Å²) in [5.74, 6) is 0.00546. The Morgan fingerprint density at radius 1 is 1.24 bits per heavy atom. The number of benzene rings is 1. The average molecular weight is 461 g/mol. The lowest BCUT2D eigenvalue weighted by Gasteiger charge is -2.28. The molecule has 5 rings (SSSR count). The maximum atomic E-state index is 14.2. The van der Waals surface area contributed by atoms with E-state index in [1.807, 2.05) is 25.1 Å². The van der Waals surface area contributed by atoms with Crippen molar-refractivity contribution >= 4 is 11.7 Å². The number of anilines is 1. The van der Waals surface area contributed by atoms with Gasteiger partial charge in [-0.3, -0.25) is 4.98 Å². The minimum Gasteiger partial charge on any atom is -0.396 e. The van der Waals surface area contributed by atoms with Crippen LogP contribution in [0.4, 0.5) is 10.3 Å². The summed E-state index contributed by atoms with van der Waals surface area (Å²) >= 11 is 0. The molecule has 1 saturated heterocycles. The third kappa shape index (κ3) is 4.77. The maximum absolute atomic E-state index is 14.2. The highest BCUT2D eigenvalue weighted by Gasteiger charge is 2.30. The van der Waals surface area contributed by atoms with Crippen LogP contribution < -0.4 is 11.1 Å². The Hall–Kier alpha value is -3.39. The second kappa shape index (κ2) is 9.85. The van der Waals surface area contributed by atoms with Crippen molar-refractivity contribution in [3.8, 4) is 11.1 Å². The normalized spacial score (nSPS) is 20.9. The Labute approximate surface area is 198 Å². The van der Waals surface area contributed by atoms with Crippen molar-refractivity contribution in [3.63, 3.8) is 0 Å². The van der Waals surface area contributed by atoms with E-state index in [0.717, 1.165) is 52.3 Å². The van der Waals surface area contributed by atoms with Crippen molar-refractivity contribution in [2.75, 3.05) is 18.9 Å². The number of aromatic nitrogens is 3. The first-order valence-corrected chi connectivity index (χ1v) is 11.8. The van der Waals surface area contributed by atoms with E-state index in [1.54, 1.807) is 18.5 Å². The molecular weight excluding hydrogens is 431 g/mol. The van der Waals surface area contributed by atoms with Gasteiger partial charge in [-0.05, 0) is 74.4 Å². The van der Waals surface area contributed by atoms with Crippen LogP contribution in [0.15, 0.2) is 47.9 Å². The van der Waals surface area contributed by atoms with Gasteiger partial charge >= 0.3 is 0 Å². The topological polar surface area (TPSA) is 98.3 Å². The fourth-order valence-electron chi connectivity index (χ4n) is 5.10. The van der Waals surface area contributed by atoms with Crippen molar-refractivity contribution in [3.05, 3.63) is 71.1 Å². The quantitative estimate of drug-likeness (QED) is 0.423. The molecule has 0 amide bonds. The summed E-state index contributed by atoms with van der Waals surface area (Å²) in [5, 5.41) is 8.04. The zero-order valence-corrected chi connectivity index (χ0v) is 19.3. The number of fused-ring (bicyclic) bond motifs is 1. The van der Waals surface area contributed by atoms with E-state index < -0.39 is 0 Å². The molecular formula is C26H29FN6O. The fourth-order valence-corrected chi connectivity index (χ4v) is 5.10. The molecule has 0 saturated carbocycles. The molecule has 3 heterocycles. The van der Waals surface area contributed by atoms with Gasteiger partial charge in [0.1, 0.15) is 12.4 Å². The SMILES string of the molecule is Cc1nc(N)nc2c1C(=NOCCC1CCCN1)CC(c1ccc(F)cc1-c1cccnc1)C2. The molecule has 2 aromatic heterocycles. The molecule has 3 aromatic rings. The Kier molecular flexibility index (Phi) is 6.49. The van der Waals surface area contributed by atoms with Gasteiger partial charge in [-0.2, -0.15) is 0 Å². The van der Waals surface area contributed by atoms with Crippen LogP contribution in [0.25, 0.3) is 11.1 Å².